The summed E-state index contributed by atoms with van der Waals surface area (Å²) in [6.07, 6.45) is 4.76. The predicted octanol–water partition coefficient (Wildman–Crippen LogP) is 2.00. The SMILES string of the molecule is CCCC(CCC)(C(=O)NC(C)C1CCCO1)C(N)=NO. The summed E-state index contributed by atoms with van der Waals surface area (Å²) in [6, 6.07) is -0.0698. The van der Waals surface area contributed by atoms with E-state index in [0.717, 1.165) is 32.3 Å². The minimum absolute atomic E-state index is 0.00300. The molecule has 0 bridgehead atoms. The highest BCUT2D eigenvalue weighted by atomic mass is 16.5. The molecule has 6 nitrogen and oxygen atoms in total. The molecule has 0 aromatic carbocycles. The van der Waals surface area contributed by atoms with Crippen LogP contribution in [0.25, 0.3) is 0 Å². The van der Waals surface area contributed by atoms with Crippen molar-refractivity contribution in [2.24, 2.45) is 16.3 Å². The van der Waals surface area contributed by atoms with Crippen molar-refractivity contribution in [3.05, 3.63) is 0 Å². The maximum atomic E-state index is 12.8. The summed E-state index contributed by atoms with van der Waals surface area (Å²) in [5.74, 6) is -0.159. The number of carbonyl (C=O) groups excluding carboxylic acids is 1. The number of amidine groups is 1. The second kappa shape index (κ2) is 8.22. The molecule has 21 heavy (non-hydrogen) atoms. The van der Waals surface area contributed by atoms with E-state index in [2.05, 4.69) is 10.5 Å². The summed E-state index contributed by atoms with van der Waals surface area (Å²) in [7, 11) is 0. The van der Waals surface area contributed by atoms with Gasteiger partial charge in [0.2, 0.25) is 5.91 Å². The number of rotatable bonds is 8. The van der Waals surface area contributed by atoms with Crippen molar-refractivity contribution in [1.29, 1.82) is 0 Å². The Morgan fingerprint density at radius 1 is 1.48 bits per heavy atom. The molecule has 0 aromatic rings. The van der Waals surface area contributed by atoms with Crippen LogP contribution in [0.15, 0.2) is 5.16 Å². The maximum absolute atomic E-state index is 12.8. The minimum Gasteiger partial charge on any atom is -0.409 e. The average molecular weight is 299 g/mol. The molecule has 122 valence electrons. The van der Waals surface area contributed by atoms with Crippen LogP contribution in [0.4, 0.5) is 0 Å². The normalized spacial score (nSPS) is 21.3. The lowest BCUT2D eigenvalue weighted by Gasteiger charge is -2.33. The number of hydrogen-bond acceptors (Lipinski definition) is 4. The zero-order valence-electron chi connectivity index (χ0n) is 13.4. The van der Waals surface area contributed by atoms with E-state index in [4.69, 9.17) is 15.7 Å². The largest absolute Gasteiger partial charge is 0.409 e. The van der Waals surface area contributed by atoms with E-state index in [1.807, 2.05) is 20.8 Å². The Labute approximate surface area is 127 Å². The van der Waals surface area contributed by atoms with Crippen LogP contribution >= 0.6 is 0 Å². The molecule has 0 aromatic heterocycles. The molecule has 1 amide bonds. The van der Waals surface area contributed by atoms with Crippen molar-refractivity contribution < 1.29 is 14.7 Å². The second-order valence-electron chi connectivity index (χ2n) is 5.88. The second-order valence-corrected chi connectivity index (χ2v) is 5.88. The van der Waals surface area contributed by atoms with E-state index in [-0.39, 0.29) is 23.9 Å². The Balaban J connectivity index is 2.87. The maximum Gasteiger partial charge on any atom is 0.234 e. The molecule has 0 radical (unpaired) electrons. The number of nitrogens with one attached hydrogen (secondary N) is 1. The van der Waals surface area contributed by atoms with Crippen LogP contribution in [0.5, 0.6) is 0 Å². The van der Waals surface area contributed by atoms with Crippen LogP contribution in [-0.4, -0.2) is 35.7 Å². The van der Waals surface area contributed by atoms with E-state index in [1.165, 1.54) is 0 Å². The number of nitrogens with two attached hydrogens (primary N) is 1. The fraction of sp³-hybridized carbons (Fsp3) is 0.867. The van der Waals surface area contributed by atoms with Crippen LogP contribution in [0.2, 0.25) is 0 Å². The van der Waals surface area contributed by atoms with E-state index in [9.17, 15) is 4.79 Å². The van der Waals surface area contributed by atoms with Crippen LogP contribution < -0.4 is 11.1 Å². The molecule has 1 heterocycles. The van der Waals surface area contributed by atoms with Crippen LogP contribution in [0.1, 0.15) is 59.3 Å². The van der Waals surface area contributed by atoms with Crippen molar-refractivity contribution in [2.75, 3.05) is 6.61 Å². The minimum atomic E-state index is -0.925. The lowest BCUT2D eigenvalue weighted by molar-refractivity contribution is -0.130. The van der Waals surface area contributed by atoms with E-state index >= 15 is 0 Å². The third-order valence-electron chi connectivity index (χ3n) is 4.27. The summed E-state index contributed by atoms with van der Waals surface area (Å²) >= 11 is 0. The van der Waals surface area contributed by atoms with Crippen LogP contribution in [-0.2, 0) is 9.53 Å². The zero-order valence-corrected chi connectivity index (χ0v) is 13.4. The van der Waals surface area contributed by atoms with Gasteiger partial charge >= 0.3 is 0 Å². The van der Waals surface area contributed by atoms with Gasteiger partial charge in [-0.05, 0) is 32.6 Å². The van der Waals surface area contributed by atoms with Crippen LogP contribution in [0, 0.1) is 5.41 Å². The van der Waals surface area contributed by atoms with Gasteiger partial charge in [-0.3, -0.25) is 4.79 Å². The fourth-order valence-electron chi connectivity index (χ4n) is 3.11. The highest BCUT2D eigenvalue weighted by Gasteiger charge is 2.42. The van der Waals surface area contributed by atoms with Gasteiger partial charge in [-0.1, -0.05) is 31.8 Å². The molecular weight excluding hydrogens is 270 g/mol. The number of hydrogen-bond donors (Lipinski definition) is 3. The lowest BCUT2D eigenvalue weighted by Crippen LogP contribution is -2.53. The highest BCUT2D eigenvalue weighted by Crippen LogP contribution is 2.31. The van der Waals surface area contributed by atoms with Gasteiger partial charge < -0.3 is 21.0 Å². The van der Waals surface area contributed by atoms with Gasteiger partial charge in [0.05, 0.1) is 12.1 Å². The van der Waals surface area contributed by atoms with Crippen LogP contribution in [0.3, 0.4) is 0 Å². The molecule has 0 aliphatic carbocycles. The summed E-state index contributed by atoms with van der Waals surface area (Å²) in [4.78, 5) is 12.8. The molecule has 4 N–H and O–H groups in total. The standard InChI is InChI=1S/C15H29N3O3/c1-4-8-15(9-5-2,13(16)18-20)14(19)17-11(3)12-7-6-10-21-12/h11-12,20H,4-10H2,1-3H3,(H2,16,18)(H,17,19). The molecule has 1 rings (SSSR count). The fourth-order valence-corrected chi connectivity index (χ4v) is 3.11. The first-order valence-corrected chi connectivity index (χ1v) is 7.92. The van der Waals surface area contributed by atoms with Gasteiger partial charge in [-0.15, -0.1) is 0 Å². The van der Waals surface area contributed by atoms with Crippen molar-refractivity contribution in [3.8, 4) is 0 Å². The number of carbonyl (C=O) groups is 1. The zero-order chi connectivity index (χ0) is 15.9. The monoisotopic (exact) mass is 299 g/mol. The van der Waals surface area contributed by atoms with Gasteiger partial charge in [0.1, 0.15) is 5.41 Å². The van der Waals surface area contributed by atoms with Crippen molar-refractivity contribution in [1.82, 2.24) is 5.32 Å². The Morgan fingerprint density at radius 3 is 2.52 bits per heavy atom. The Kier molecular flexibility index (Phi) is 6.95. The molecule has 1 aliphatic rings. The van der Waals surface area contributed by atoms with Crippen molar-refractivity contribution >= 4 is 11.7 Å². The summed E-state index contributed by atoms with van der Waals surface area (Å²) in [5.41, 5.74) is 4.94. The van der Waals surface area contributed by atoms with E-state index in [0.29, 0.717) is 12.8 Å². The molecule has 0 saturated carbocycles. The number of oxime groups is 1. The highest BCUT2D eigenvalue weighted by molar-refractivity contribution is 6.06. The summed E-state index contributed by atoms with van der Waals surface area (Å²) < 4.78 is 5.61. The third-order valence-corrected chi connectivity index (χ3v) is 4.27. The quantitative estimate of drug-likeness (QED) is 0.276. The first kappa shape index (κ1) is 17.8. The molecule has 0 spiro atoms. The van der Waals surface area contributed by atoms with Crippen molar-refractivity contribution in [2.45, 2.75) is 71.4 Å². The Morgan fingerprint density at radius 2 is 2.10 bits per heavy atom. The number of nitrogens with zero attached hydrogens (tertiary/aromatic N) is 1. The topological polar surface area (TPSA) is 96.9 Å². The predicted molar refractivity (Wildman–Crippen MR) is 82.2 cm³/mol. The van der Waals surface area contributed by atoms with Gasteiger partial charge in [-0.2, -0.15) is 0 Å². The van der Waals surface area contributed by atoms with Gasteiger partial charge in [-0.25, -0.2) is 0 Å². The Hall–Kier alpha value is -1.30. The third kappa shape index (κ3) is 4.09. The molecule has 1 saturated heterocycles. The molecule has 6 heteroatoms. The summed E-state index contributed by atoms with van der Waals surface area (Å²) in [6.45, 7) is 6.68. The average Bonchev–Trinajstić information content (AvgIpc) is 3.00. The molecule has 1 fully saturated rings. The lowest BCUT2D eigenvalue weighted by atomic mass is 9.77. The molecular formula is C15H29N3O3. The number of ether oxygens (including phenoxy) is 1. The van der Waals surface area contributed by atoms with E-state index in [1.54, 1.807) is 0 Å². The summed E-state index contributed by atoms with van der Waals surface area (Å²) in [5, 5.41) is 15.2. The van der Waals surface area contributed by atoms with Crippen molar-refractivity contribution in [3.63, 3.8) is 0 Å². The molecule has 2 unspecified atom stereocenters. The van der Waals surface area contributed by atoms with Gasteiger partial charge in [0, 0.05) is 6.61 Å². The first-order chi connectivity index (χ1) is 10.0. The molecule has 1 aliphatic heterocycles. The number of amides is 1. The van der Waals surface area contributed by atoms with Gasteiger partial charge in [0.15, 0.2) is 5.84 Å². The smallest absolute Gasteiger partial charge is 0.234 e. The first-order valence-electron chi connectivity index (χ1n) is 7.92. The van der Waals surface area contributed by atoms with E-state index < -0.39 is 5.41 Å². The Bertz CT molecular complexity index is 359. The molecule has 2 atom stereocenters. The van der Waals surface area contributed by atoms with Gasteiger partial charge in [0.25, 0.3) is 0 Å².